The Morgan fingerprint density at radius 2 is 2.43 bits per heavy atom. The Morgan fingerprint density at radius 3 is 3.07 bits per heavy atom. The van der Waals surface area contributed by atoms with E-state index < -0.39 is 0 Å². The second-order valence-electron chi connectivity index (χ2n) is 4.07. The van der Waals surface area contributed by atoms with Crippen LogP contribution in [0.25, 0.3) is 0 Å². The van der Waals surface area contributed by atoms with Crippen LogP contribution in [-0.4, -0.2) is 18.9 Å². The molecule has 1 fully saturated rings. The summed E-state index contributed by atoms with van der Waals surface area (Å²) >= 11 is 1.59. The average Bonchev–Trinajstić information content (AvgIpc) is 2.69. The number of Topliss-reactive ketones (excluding diaryl/α,β-unsaturated/α-hetero) is 1. The molecule has 0 amide bonds. The van der Waals surface area contributed by atoms with Gasteiger partial charge in [0.2, 0.25) is 0 Å². The highest BCUT2D eigenvalue weighted by atomic mass is 32.1. The van der Waals surface area contributed by atoms with Gasteiger partial charge in [-0.15, -0.1) is 0 Å². The first-order chi connectivity index (χ1) is 6.77. The molecule has 1 aliphatic heterocycles. The van der Waals surface area contributed by atoms with Crippen molar-refractivity contribution in [2.24, 2.45) is 11.8 Å². The molecule has 0 radical (unpaired) electrons. The van der Waals surface area contributed by atoms with Crippen molar-refractivity contribution >= 4 is 17.1 Å². The van der Waals surface area contributed by atoms with Gasteiger partial charge in [-0.2, -0.15) is 11.3 Å². The third-order valence-electron chi connectivity index (χ3n) is 2.75. The van der Waals surface area contributed by atoms with Crippen LogP contribution in [0.3, 0.4) is 0 Å². The number of hydrogen-bond acceptors (Lipinski definition) is 3. The van der Waals surface area contributed by atoms with Gasteiger partial charge in [0.05, 0.1) is 0 Å². The molecule has 0 saturated carbocycles. The molecule has 1 aromatic rings. The van der Waals surface area contributed by atoms with E-state index in [1.807, 2.05) is 16.8 Å². The van der Waals surface area contributed by atoms with Crippen molar-refractivity contribution in [2.45, 2.75) is 13.3 Å². The predicted molar refractivity (Wildman–Crippen MR) is 58.8 cm³/mol. The van der Waals surface area contributed by atoms with E-state index in [0.29, 0.717) is 11.7 Å². The summed E-state index contributed by atoms with van der Waals surface area (Å²) in [5.41, 5.74) is 0.885. The zero-order valence-corrected chi connectivity index (χ0v) is 9.14. The molecule has 2 unspecified atom stereocenters. The summed E-state index contributed by atoms with van der Waals surface area (Å²) < 4.78 is 0. The topological polar surface area (TPSA) is 29.1 Å². The number of piperidine rings is 1. The van der Waals surface area contributed by atoms with E-state index in [2.05, 4.69) is 12.2 Å². The highest BCUT2D eigenvalue weighted by Crippen LogP contribution is 2.21. The molecule has 76 valence electrons. The number of nitrogens with one attached hydrogen (secondary N) is 1. The van der Waals surface area contributed by atoms with E-state index >= 15 is 0 Å². The van der Waals surface area contributed by atoms with Gasteiger partial charge in [0.15, 0.2) is 5.78 Å². The quantitative estimate of drug-likeness (QED) is 0.756. The van der Waals surface area contributed by atoms with Gasteiger partial charge < -0.3 is 5.32 Å². The molecular weight excluding hydrogens is 194 g/mol. The van der Waals surface area contributed by atoms with E-state index in [-0.39, 0.29) is 5.92 Å². The maximum Gasteiger partial charge on any atom is 0.168 e. The molecule has 0 aromatic carbocycles. The van der Waals surface area contributed by atoms with Gasteiger partial charge in [0.1, 0.15) is 0 Å². The van der Waals surface area contributed by atoms with Gasteiger partial charge in [0.25, 0.3) is 0 Å². The monoisotopic (exact) mass is 209 g/mol. The van der Waals surface area contributed by atoms with Crippen LogP contribution in [0.2, 0.25) is 0 Å². The van der Waals surface area contributed by atoms with Crippen LogP contribution in [0.4, 0.5) is 0 Å². The zero-order chi connectivity index (χ0) is 9.97. The minimum absolute atomic E-state index is 0.188. The number of carbonyl (C=O) groups is 1. The van der Waals surface area contributed by atoms with E-state index in [9.17, 15) is 4.79 Å². The molecule has 1 aliphatic rings. The Labute approximate surface area is 88.3 Å². The molecule has 0 aliphatic carbocycles. The largest absolute Gasteiger partial charge is 0.316 e. The van der Waals surface area contributed by atoms with Gasteiger partial charge in [-0.3, -0.25) is 4.79 Å². The lowest BCUT2D eigenvalue weighted by Gasteiger charge is -2.26. The van der Waals surface area contributed by atoms with Crippen molar-refractivity contribution in [3.05, 3.63) is 22.4 Å². The lowest BCUT2D eigenvalue weighted by atomic mass is 9.87. The van der Waals surface area contributed by atoms with Gasteiger partial charge >= 0.3 is 0 Å². The van der Waals surface area contributed by atoms with E-state index in [1.54, 1.807) is 11.3 Å². The molecule has 1 aromatic heterocycles. The van der Waals surface area contributed by atoms with Gasteiger partial charge in [-0.05, 0) is 30.3 Å². The molecule has 2 atom stereocenters. The average molecular weight is 209 g/mol. The van der Waals surface area contributed by atoms with Crippen LogP contribution >= 0.6 is 11.3 Å². The fourth-order valence-corrected chi connectivity index (χ4v) is 2.64. The zero-order valence-electron chi connectivity index (χ0n) is 8.32. The molecular formula is C11H15NOS. The standard InChI is InChI=1S/C11H15NOS/c1-8-4-10(6-12-5-8)11(13)9-2-3-14-7-9/h2-3,7-8,10,12H,4-6H2,1H3. The third kappa shape index (κ3) is 2.04. The van der Waals surface area contributed by atoms with Crippen LogP contribution in [0.1, 0.15) is 23.7 Å². The summed E-state index contributed by atoms with van der Waals surface area (Å²) in [6.07, 6.45) is 1.03. The Hall–Kier alpha value is -0.670. The van der Waals surface area contributed by atoms with Crippen molar-refractivity contribution in [2.75, 3.05) is 13.1 Å². The Kier molecular flexibility index (Phi) is 2.99. The maximum absolute atomic E-state index is 12.0. The SMILES string of the molecule is CC1CNCC(C(=O)c2ccsc2)C1. The minimum Gasteiger partial charge on any atom is -0.316 e. The fraction of sp³-hybridized carbons (Fsp3) is 0.545. The first-order valence-corrected chi connectivity index (χ1v) is 5.99. The van der Waals surface area contributed by atoms with Crippen molar-refractivity contribution in [3.8, 4) is 0 Å². The summed E-state index contributed by atoms with van der Waals surface area (Å²) in [7, 11) is 0. The smallest absolute Gasteiger partial charge is 0.168 e. The first kappa shape index (κ1) is 9.87. The Morgan fingerprint density at radius 1 is 1.57 bits per heavy atom. The highest BCUT2D eigenvalue weighted by Gasteiger charge is 2.25. The van der Waals surface area contributed by atoms with Gasteiger partial charge in [-0.25, -0.2) is 0 Å². The summed E-state index contributed by atoms with van der Waals surface area (Å²) in [6, 6.07) is 1.92. The molecule has 2 heterocycles. The highest BCUT2D eigenvalue weighted by molar-refractivity contribution is 7.08. The van der Waals surface area contributed by atoms with Crippen LogP contribution in [0.15, 0.2) is 16.8 Å². The van der Waals surface area contributed by atoms with Crippen LogP contribution in [0.5, 0.6) is 0 Å². The molecule has 0 spiro atoms. The molecule has 1 N–H and O–H groups in total. The van der Waals surface area contributed by atoms with Gasteiger partial charge in [0, 0.05) is 23.4 Å². The second kappa shape index (κ2) is 4.24. The molecule has 14 heavy (non-hydrogen) atoms. The number of hydrogen-bond donors (Lipinski definition) is 1. The number of carbonyl (C=O) groups excluding carboxylic acids is 1. The summed E-state index contributed by atoms with van der Waals surface area (Å²) in [4.78, 5) is 12.0. The Bertz CT molecular complexity index is 307. The molecule has 2 rings (SSSR count). The molecule has 3 heteroatoms. The van der Waals surface area contributed by atoms with Crippen molar-refractivity contribution in [1.29, 1.82) is 0 Å². The minimum atomic E-state index is 0.188. The second-order valence-corrected chi connectivity index (χ2v) is 4.85. The lowest BCUT2D eigenvalue weighted by molar-refractivity contribution is 0.0882. The summed E-state index contributed by atoms with van der Waals surface area (Å²) in [6.45, 7) is 4.09. The third-order valence-corrected chi connectivity index (χ3v) is 3.43. The van der Waals surface area contributed by atoms with Crippen molar-refractivity contribution in [1.82, 2.24) is 5.32 Å². The maximum atomic E-state index is 12.0. The normalized spacial score (nSPS) is 27.5. The summed E-state index contributed by atoms with van der Waals surface area (Å²) in [5, 5.41) is 7.22. The van der Waals surface area contributed by atoms with Crippen LogP contribution < -0.4 is 5.32 Å². The van der Waals surface area contributed by atoms with Crippen molar-refractivity contribution < 1.29 is 4.79 Å². The number of ketones is 1. The number of thiophene rings is 1. The van der Waals surface area contributed by atoms with E-state index in [4.69, 9.17) is 0 Å². The van der Waals surface area contributed by atoms with Gasteiger partial charge in [-0.1, -0.05) is 6.92 Å². The van der Waals surface area contributed by atoms with E-state index in [1.165, 1.54) is 0 Å². The Balaban J connectivity index is 2.04. The first-order valence-electron chi connectivity index (χ1n) is 5.04. The predicted octanol–water partition coefficient (Wildman–Crippen LogP) is 2.18. The number of rotatable bonds is 2. The fourth-order valence-electron chi connectivity index (χ4n) is 2.00. The summed E-state index contributed by atoms with van der Waals surface area (Å²) in [5.74, 6) is 1.12. The van der Waals surface area contributed by atoms with Crippen molar-refractivity contribution in [3.63, 3.8) is 0 Å². The molecule has 1 saturated heterocycles. The molecule has 0 bridgehead atoms. The molecule has 2 nitrogen and oxygen atoms in total. The van der Waals surface area contributed by atoms with Crippen LogP contribution in [0, 0.1) is 11.8 Å². The van der Waals surface area contributed by atoms with E-state index in [0.717, 1.165) is 25.1 Å². The lowest BCUT2D eigenvalue weighted by Crippen LogP contribution is -2.38. The van der Waals surface area contributed by atoms with Crippen LogP contribution in [-0.2, 0) is 0 Å².